The van der Waals surface area contributed by atoms with Gasteiger partial charge >= 0.3 is 0 Å². The van der Waals surface area contributed by atoms with E-state index in [0.717, 1.165) is 35.3 Å². The fourth-order valence-electron chi connectivity index (χ4n) is 2.82. The summed E-state index contributed by atoms with van der Waals surface area (Å²) in [4.78, 5) is 0. The lowest BCUT2D eigenvalue weighted by Crippen LogP contribution is -2.22. The summed E-state index contributed by atoms with van der Waals surface area (Å²) in [6, 6.07) is 8.46. The van der Waals surface area contributed by atoms with Crippen LogP contribution in [-0.4, -0.2) is 40.3 Å². The minimum Gasteiger partial charge on any atom is -0.390 e. The van der Waals surface area contributed by atoms with Crippen LogP contribution in [0.4, 0.5) is 5.13 Å². The number of nitrogens with zero attached hydrogens (tertiary/aromatic N) is 2. The highest BCUT2D eigenvalue weighted by Crippen LogP contribution is 2.32. The number of hydrogen-bond donors (Lipinski definition) is 2. The zero-order valence-corrected chi connectivity index (χ0v) is 15.4. The number of thioether (sulfide) groups is 1. The Bertz CT molecular complexity index is 650. The van der Waals surface area contributed by atoms with Crippen molar-refractivity contribution >= 4 is 28.2 Å². The van der Waals surface area contributed by atoms with Crippen molar-refractivity contribution in [1.29, 1.82) is 0 Å². The quantitative estimate of drug-likeness (QED) is 0.698. The number of aliphatic hydroxyl groups is 1. The summed E-state index contributed by atoms with van der Waals surface area (Å²) in [5, 5.41) is 22.3. The van der Waals surface area contributed by atoms with E-state index in [1.807, 2.05) is 6.92 Å². The molecule has 3 rings (SSSR count). The van der Waals surface area contributed by atoms with E-state index in [0.29, 0.717) is 12.4 Å². The number of rotatable bonds is 8. The molecule has 1 heterocycles. The van der Waals surface area contributed by atoms with Gasteiger partial charge in [-0.1, -0.05) is 47.4 Å². The van der Waals surface area contributed by atoms with Gasteiger partial charge in [-0.25, -0.2) is 0 Å². The lowest BCUT2D eigenvalue weighted by Gasteiger charge is -2.26. The Morgan fingerprint density at radius 1 is 1.42 bits per heavy atom. The molecule has 0 unspecified atom stereocenters. The maximum Gasteiger partial charge on any atom is 0.206 e. The van der Waals surface area contributed by atoms with Crippen LogP contribution in [0, 0.1) is 0 Å². The normalized spacial score (nSPS) is 18.2. The zero-order chi connectivity index (χ0) is 16.8. The average molecular weight is 366 g/mol. The van der Waals surface area contributed by atoms with Crippen LogP contribution in [0.25, 0.3) is 0 Å². The molecule has 130 valence electrons. The van der Waals surface area contributed by atoms with E-state index in [-0.39, 0.29) is 6.10 Å². The molecule has 0 aliphatic heterocycles. The molecule has 0 saturated carbocycles. The molecule has 0 bridgehead atoms. The van der Waals surface area contributed by atoms with E-state index in [1.165, 1.54) is 34.2 Å². The number of benzene rings is 1. The van der Waals surface area contributed by atoms with E-state index in [1.54, 1.807) is 0 Å². The Labute approximate surface area is 150 Å². The van der Waals surface area contributed by atoms with Crippen molar-refractivity contribution in [2.75, 3.05) is 24.2 Å². The van der Waals surface area contributed by atoms with Crippen LogP contribution in [0.1, 0.15) is 37.0 Å². The van der Waals surface area contributed by atoms with Gasteiger partial charge < -0.3 is 15.2 Å². The van der Waals surface area contributed by atoms with Gasteiger partial charge in [-0.15, -0.1) is 10.2 Å². The molecule has 1 aromatic carbocycles. The van der Waals surface area contributed by atoms with Crippen molar-refractivity contribution in [3.8, 4) is 0 Å². The highest BCUT2D eigenvalue weighted by atomic mass is 32.2. The maximum atomic E-state index is 10.2. The molecule has 2 atom stereocenters. The topological polar surface area (TPSA) is 67.3 Å². The molecule has 2 N–H and O–H groups in total. The largest absolute Gasteiger partial charge is 0.390 e. The summed E-state index contributed by atoms with van der Waals surface area (Å²) in [5.41, 5.74) is 2.66. The second-order valence-corrected chi connectivity index (χ2v) is 8.03. The smallest absolute Gasteiger partial charge is 0.206 e. The molecular formula is C17H23N3O2S2. The van der Waals surface area contributed by atoms with Crippen molar-refractivity contribution < 1.29 is 9.84 Å². The van der Waals surface area contributed by atoms with Crippen LogP contribution < -0.4 is 5.32 Å². The summed E-state index contributed by atoms with van der Waals surface area (Å²) in [5.74, 6) is 0.565. The van der Waals surface area contributed by atoms with E-state index < -0.39 is 6.10 Å². The van der Waals surface area contributed by atoms with Gasteiger partial charge in [0, 0.05) is 12.3 Å². The Hall–Kier alpha value is -1.15. The van der Waals surface area contributed by atoms with Crippen LogP contribution in [0.2, 0.25) is 0 Å². The molecule has 5 nitrogen and oxygen atoms in total. The SMILES string of the molecule is CCNc1nnc(SC[C@H](O)CO[C@H]2CCCc3ccccc32)s1. The van der Waals surface area contributed by atoms with Gasteiger partial charge in [0.25, 0.3) is 0 Å². The van der Waals surface area contributed by atoms with Crippen LogP contribution >= 0.6 is 23.1 Å². The van der Waals surface area contributed by atoms with Gasteiger partial charge in [0.1, 0.15) is 0 Å². The van der Waals surface area contributed by atoms with Crippen molar-refractivity contribution in [3.63, 3.8) is 0 Å². The van der Waals surface area contributed by atoms with E-state index in [4.69, 9.17) is 4.74 Å². The number of aromatic nitrogens is 2. The molecular weight excluding hydrogens is 342 g/mol. The molecule has 1 aliphatic carbocycles. The van der Waals surface area contributed by atoms with E-state index in [9.17, 15) is 5.11 Å². The Balaban J connectivity index is 1.45. The molecule has 2 aromatic rings. The molecule has 0 spiro atoms. The number of nitrogens with one attached hydrogen (secondary N) is 1. The number of hydrogen-bond acceptors (Lipinski definition) is 7. The average Bonchev–Trinajstić information content (AvgIpc) is 3.06. The predicted octanol–water partition coefficient (Wildman–Crippen LogP) is 3.52. The Kier molecular flexibility index (Phi) is 6.48. The Morgan fingerprint density at radius 3 is 3.17 bits per heavy atom. The highest BCUT2D eigenvalue weighted by molar-refractivity contribution is 8.01. The molecule has 0 fully saturated rings. The molecule has 0 saturated heterocycles. The lowest BCUT2D eigenvalue weighted by atomic mass is 9.89. The molecule has 24 heavy (non-hydrogen) atoms. The summed E-state index contributed by atoms with van der Waals surface area (Å²) >= 11 is 3.04. The number of ether oxygens (including phenoxy) is 1. The molecule has 1 aromatic heterocycles. The summed E-state index contributed by atoms with van der Waals surface area (Å²) in [6.07, 6.45) is 2.90. The van der Waals surface area contributed by atoms with Gasteiger partial charge in [-0.05, 0) is 37.3 Å². The van der Waals surface area contributed by atoms with Crippen LogP contribution in [0.15, 0.2) is 28.6 Å². The van der Waals surface area contributed by atoms with Gasteiger partial charge in [-0.2, -0.15) is 0 Å². The summed E-state index contributed by atoms with van der Waals surface area (Å²) in [6.45, 7) is 3.21. The van der Waals surface area contributed by atoms with Crippen molar-refractivity contribution in [1.82, 2.24) is 10.2 Å². The fraction of sp³-hybridized carbons (Fsp3) is 0.529. The number of fused-ring (bicyclic) bond motifs is 1. The highest BCUT2D eigenvalue weighted by Gasteiger charge is 2.21. The number of aryl methyl sites for hydroxylation is 1. The first-order chi connectivity index (χ1) is 11.8. The first-order valence-electron chi connectivity index (χ1n) is 8.34. The van der Waals surface area contributed by atoms with Gasteiger partial charge in [0.05, 0.1) is 18.8 Å². The first kappa shape index (κ1) is 17.7. The third-order valence-electron chi connectivity index (χ3n) is 3.94. The zero-order valence-electron chi connectivity index (χ0n) is 13.8. The number of aliphatic hydroxyl groups excluding tert-OH is 1. The lowest BCUT2D eigenvalue weighted by molar-refractivity contribution is -0.00959. The van der Waals surface area contributed by atoms with Crippen LogP contribution in [-0.2, 0) is 11.2 Å². The van der Waals surface area contributed by atoms with Crippen molar-refractivity contribution in [2.24, 2.45) is 0 Å². The third kappa shape index (κ3) is 4.69. The van der Waals surface area contributed by atoms with Crippen LogP contribution in [0.5, 0.6) is 0 Å². The second kappa shape index (κ2) is 8.80. The summed E-state index contributed by atoms with van der Waals surface area (Å²) in [7, 11) is 0. The second-order valence-electron chi connectivity index (χ2n) is 5.78. The minimum atomic E-state index is -0.504. The van der Waals surface area contributed by atoms with Gasteiger partial charge in [0.15, 0.2) is 4.34 Å². The standard InChI is InChI=1S/C17H23N3O2S2/c1-2-18-16-19-20-17(24-16)23-11-13(21)10-22-15-9-5-7-12-6-3-4-8-14(12)15/h3-4,6,8,13,15,21H,2,5,7,9-11H2,1H3,(H,18,19)/t13-,15+/m1/s1. The van der Waals surface area contributed by atoms with Gasteiger partial charge in [-0.3, -0.25) is 0 Å². The molecule has 7 heteroatoms. The van der Waals surface area contributed by atoms with E-state index >= 15 is 0 Å². The number of anilines is 1. The van der Waals surface area contributed by atoms with Crippen molar-refractivity contribution in [2.45, 2.75) is 42.7 Å². The molecule has 0 radical (unpaired) electrons. The summed E-state index contributed by atoms with van der Waals surface area (Å²) < 4.78 is 6.86. The minimum absolute atomic E-state index is 0.108. The first-order valence-corrected chi connectivity index (χ1v) is 10.1. The van der Waals surface area contributed by atoms with Gasteiger partial charge in [0.2, 0.25) is 5.13 Å². The maximum absolute atomic E-state index is 10.2. The third-order valence-corrected chi connectivity index (χ3v) is 6.10. The molecule has 0 amide bonds. The van der Waals surface area contributed by atoms with Crippen LogP contribution in [0.3, 0.4) is 0 Å². The fourth-order valence-corrected chi connectivity index (χ4v) is 4.57. The monoisotopic (exact) mass is 365 g/mol. The van der Waals surface area contributed by atoms with E-state index in [2.05, 4.69) is 39.8 Å². The van der Waals surface area contributed by atoms with Crippen molar-refractivity contribution in [3.05, 3.63) is 35.4 Å². The predicted molar refractivity (Wildman–Crippen MR) is 98.9 cm³/mol. The molecule has 1 aliphatic rings. The Morgan fingerprint density at radius 2 is 2.29 bits per heavy atom.